The van der Waals surface area contributed by atoms with Crippen LogP contribution >= 0.6 is 23.4 Å². The minimum atomic E-state index is -3.66. The minimum absolute atomic E-state index is 0.0168. The molecule has 0 unspecified atom stereocenters. The van der Waals surface area contributed by atoms with Gasteiger partial charge in [0.25, 0.3) is 0 Å². The van der Waals surface area contributed by atoms with Gasteiger partial charge in [-0.15, -0.1) is 11.8 Å². The number of carbonyl (C=O) groups excluding carboxylic acids is 1. The van der Waals surface area contributed by atoms with Gasteiger partial charge in [-0.05, 0) is 36.6 Å². The summed E-state index contributed by atoms with van der Waals surface area (Å²) in [5.41, 5.74) is 0.977. The van der Waals surface area contributed by atoms with Crippen molar-refractivity contribution in [3.05, 3.63) is 53.6 Å². The Kier molecular flexibility index (Phi) is 7.10. The van der Waals surface area contributed by atoms with Crippen LogP contribution in [0, 0.1) is 0 Å². The summed E-state index contributed by atoms with van der Waals surface area (Å²) in [5.74, 6) is -0.0168. The molecule has 6 nitrogen and oxygen atoms in total. The Labute approximate surface area is 181 Å². The molecule has 0 atom stereocenters. The van der Waals surface area contributed by atoms with E-state index in [-0.39, 0.29) is 35.5 Å². The minimum Gasteiger partial charge on any atom is -0.365 e. The first kappa shape index (κ1) is 22.0. The molecule has 0 bridgehead atoms. The molecule has 0 N–H and O–H groups in total. The van der Waals surface area contributed by atoms with Crippen LogP contribution in [0.4, 0.5) is 5.69 Å². The van der Waals surface area contributed by atoms with E-state index in [2.05, 4.69) is 0 Å². The summed E-state index contributed by atoms with van der Waals surface area (Å²) < 4.78 is 27.1. The monoisotopic (exact) mass is 453 g/mol. The highest BCUT2D eigenvalue weighted by Gasteiger charge is 2.31. The number of sulfonamides is 1. The van der Waals surface area contributed by atoms with Crippen molar-refractivity contribution < 1.29 is 13.2 Å². The maximum Gasteiger partial charge on any atom is 0.244 e. The fourth-order valence-electron chi connectivity index (χ4n) is 3.21. The van der Waals surface area contributed by atoms with E-state index >= 15 is 0 Å². The number of rotatable bonds is 6. The van der Waals surface area contributed by atoms with E-state index in [1.165, 1.54) is 10.4 Å². The summed E-state index contributed by atoms with van der Waals surface area (Å²) in [6.07, 6.45) is 2.01. The van der Waals surface area contributed by atoms with E-state index in [0.717, 1.165) is 10.6 Å². The highest BCUT2D eigenvalue weighted by molar-refractivity contribution is 7.98. The molecule has 0 aliphatic carbocycles. The number of likely N-dealkylation sites (N-methyl/N-ethyl adjacent to an activating group) is 1. The molecule has 1 heterocycles. The van der Waals surface area contributed by atoms with Gasteiger partial charge < -0.3 is 9.80 Å². The number of hydrogen-bond acceptors (Lipinski definition) is 5. The summed E-state index contributed by atoms with van der Waals surface area (Å²) in [6.45, 7) is 1.48. The Bertz CT molecular complexity index is 976. The average molecular weight is 454 g/mol. The molecule has 0 spiro atoms. The number of nitrogens with zero attached hydrogens (tertiary/aromatic N) is 3. The second kappa shape index (κ2) is 9.38. The summed E-state index contributed by atoms with van der Waals surface area (Å²) in [6, 6.07) is 14.4. The van der Waals surface area contributed by atoms with Crippen LogP contribution in [0.25, 0.3) is 0 Å². The standard InChI is InChI=1S/C20H24ClN3O3S2/c1-22(16-6-5-7-17(14-16)28-2)15-20(25)23-10-12-24(13-11-23)29(26,27)19-9-4-3-8-18(19)21/h3-9,14H,10-13,15H2,1-2H3. The number of benzene rings is 2. The van der Waals surface area contributed by atoms with Gasteiger partial charge >= 0.3 is 0 Å². The van der Waals surface area contributed by atoms with Crippen molar-refractivity contribution in [1.29, 1.82) is 0 Å². The summed E-state index contributed by atoms with van der Waals surface area (Å²) in [7, 11) is -1.78. The van der Waals surface area contributed by atoms with Gasteiger partial charge in [0, 0.05) is 43.8 Å². The second-order valence-corrected chi connectivity index (χ2v) is 9.97. The maximum absolute atomic E-state index is 12.8. The smallest absolute Gasteiger partial charge is 0.244 e. The lowest BCUT2D eigenvalue weighted by Crippen LogP contribution is -2.52. The summed E-state index contributed by atoms with van der Waals surface area (Å²) in [4.78, 5) is 17.6. The molecular weight excluding hydrogens is 430 g/mol. The van der Waals surface area contributed by atoms with E-state index in [1.807, 2.05) is 42.5 Å². The maximum atomic E-state index is 12.8. The predicted octanol–water partition coefficient (Wildman–Crippen LogP) is 3.03. The van der Waals surface area contributed by atoms with Crippen molar-refractivity contribution in [2.24, 2.45) is 0 Å². The molecule has 0 saturated carbocycles. The molecule has 2 aromatic rings. The lowest BCUT2D eigenvalue weighted by molar-refractivity contribution is -0.130. The second-order valence-electron chi connectivity index (χ2n) is 6.77. The molecule has 0 radical (unpaired) electrons. The molecule has 1 fully saturated rings. The summed E-state index contributed by atoms with van der Waals surface area (Å²) in [5, 5.41) is 0.208. The van der Waals surface area contributed by atoms with Crippen molar-refractivity contribution in [3.8, 4) is 0 Å². The number of halogens is 1. The van der Waals surface area contributed by atoms with Gasteiger partial charge in [-0.1, -0.05) is 29.8 Å². The van der Waals surface area contributed by atoms with Gasteiger partial charge in [0.2, 0.25) is 15.9 Å². The Morgan fingerprint density at radius 1 is 1.10 bits per heavy atom. The Balaban J connectivity index is 1.60. The molecule has 29 heavy (non-hydrogen) atoms. The third-order valence-corrected chi connectivity index (χ3v) is 8.04. The molecule has 1 saturated heterocycles. The zero-order valence-electron chi connectivity index (χ0n) is 16.4. The summed E-state index contributed by atoms with van der Waals surface area (Å²) >= 11 is 7.72. The molecule has 2 aromatic carbocycles. The number of hydrogen-bond donors (Lipinski definition) is 0. The number of piperazine rings is 1. The van der Waals surface area contributed by atoms with Gasteiger partial charge in [-0.25, -0.2) is 8.42 Å². The molecule has 9 heteroatoms. The Hall–Kier alpha value is -1.74. The highest BCUT2D eigenvalue weighted by atomic mass is 35.5. The largest absolute Gasteiger partial charge is 0.365 e. The lowest BCUT2D eigenvalue weighted by atomic mass is 10.3. The van der Waals surface area contributed by atoms with Crippen LogP contribution in [0.1, 0.15) is 0 Å². The van der Waals surface area contributed by atoms with E-state index in [4.69, 9.17) is 11.6 Å². The SMILES string of the molecule is CSc1cccc(N(C)CC(=O)N2CCN(S(=O)(=O)c3ccccc3Cl)CC2)c1. The number of thioether (sulfide) groups is 1. The third kappa shape index (κ3) is 5.06. The first-order chi connectivity index (χ1) is 13.8. The number of amides is 1. The number of carbonyl (C=O) groups is 1. The van der Waals surface area contributed by atoms with E-state index < -0.39 is 10.0 Å². The third-order valence-electron chi connectivity index (χ3n) is 4.91. The van der Waals surface area contributed by atoms with Gasteiger partial charge in [-0.3, -0.25) is 4.79 Å². The topological polar surface area (TPSA) is 60.9 Å². The van der Waals surface area contributed by atoms with Crippen LogP contribution < -0.4 is 4.90 Å². The van der Waals surface area contributed by atoms with E-state index in [1.54, 1.807) is 34.9 Å². The lowest BCUT2D eigenvalue weighted by Gasteiger charge is -2.35. The van der Waals surface area contributed by atoms with Gasteiger partial charge in [0.15, 0.2) is 0 Å². The van der Waals surface area contributed by atoms with Gasteiger partial charge in [-0.2, -0.15) is 4.31 Å². The molecule has 1 aliphatic rings. The van der Waals surface area contributed by atoms with Gasteiger partial charge in [0.05, 0.1) is 11.6 Å². The fourth-order valence-corrected chi connectivity index (χ4v) is 5.58. The van der Waals surface area contributed by atoms with Crippen molar-refractivity contribution in [2.75, 3.05) is 50.9 Å². The number of anilines is 1. The van der Waals surface area contributed by atoms with Crippen LogP contribution in [-0.4, -0.2) is 69.6 Å². The van der Waals surface area contributed by atoms with Crippen LogP contribution in [0.2, 0.25) is 5.02 Å². The van der Waals surface area contributed by atoms with Crippen LogP contribution in [-0.2, 0) is 14.8 Å². The van der Waals surface area contributed by atoms with Crippen molar-refractivity contribution in [1.82, 2.24) is 9.21 Å². The van der Waals surface area contributed by atoms with E-state index in [0.29, 0.717) is 13.1 Å². The first-order valence-corrected chi connectivity index (χ1v) is 12.2. The van der Waals surface area contributed by atoms with Crippen molar-refractivity contribution >= 4 is 45.0 Å². The Morgan fingerprint density at radius 3 is 2.45 bits per heavy atom. The molecular formula is C20H24ClN3O3S2. The van der Waals surface area contributed by atoms with Gasteiger partial charge in [0.1, 0.15) is 4.90 Å². The zero-order chi connectivity index (χ0) is 21.0. The zero-order valence-corrected chi connectivity index (χ0v) is 18.8. The normalized spacial score (nSPS) is 15.3. The quantitative estimate of drug-likeness (QED) is 0.629. The van der Waals surface area contributed by atoms with Crippen molar-refractivity contribution in [3.63, 3.8) is 0 Å². The Morgan fingerprint density at radius 2 is 1.79 bits per heavy atom. The van der Waals surface area contributed by atoms with Crippen LogP contribution in [0.3, 0.4) is 0 Å². The van der Waals surface area contributed by atoms with E-state index in [9.17, 15) is 13.2 Å². The fraction of sp³-hybridized carbons (Fsp3) is 0.350. The molecule has 3 rings (SSSR count). The first-order valence-electron chi connectivity index (χ1n) is 9.20. The molecule has 0 aromatic heterocycles. The predicted molar refractivity (Wildman–Crippen MR) is 118 cm³/mol. The molecule has 1 aliphatic heterocycles. The molecule has 156 valence electrons. The molecule has 1 amide bonds. The highest BCUT2D eigenvalue weighted by Crippen LogP contribution is 2.25. The van der Waals surface area contributed by atoms with Crippen LogP contribution in [0.15, 0.2) is 58.3 Å². The van der Waals surface area contributed by atoms with Crippen LogP contribution in [0.5, 0.6) is 0 Å². The average Bonchev–Trinajstić information content (AvgIpc) is 2.74. The van der Waals surface area contributed by atoms with Crippen molar-refractivity contribution in [2.45, 2.75) is 9.79 Å².